The van der Waals surface area contributed by atoms with Crippen LogP contribution in [0.5, 0.6) is 0 Å². The van der Waals surface area contributed by atoms with Gasteiger partial charge in [0.1, 0.15) is 0 Å². The summed E-state index contributed by atoms with van der Waals surface area (Å²) in [6.45, 7) is 0. The summed E-state index contributed by atoms with van der Waals surface area (Å²) in [6.07, 6.45) is 0. The van der Waals surface area contributed by atoms with Gasteiger partial charge in [0, 0.05) is 0 Å². The van der Waals surface area contributed by atoms with E-state index in [4.69, 9.17) is 5.11 Å². The van der Waals surface area contributed by atoms with Crippen LogP contribution in [0, 0.1) is 0 Å². The Bertz CT molecular complexity index is 137. The Hall–Kier alpha value is -0.0300. The van der Waals surface area contributed by atoms with Gasteiger partial charge in [-0.05, 0) is 0 Å². The number of Topliss-reactive ketones (excluding diaryl/α,β-unsaturated/α-hetero) is 1. The van der Waals surface area contributed by atoms with E-state index in [-0.39, 0.29) is 17.3 Å². The molecule has 0 saturated carbocycles. The van der Waals surface area contributed by atoms with E-state index in [1.54, 1.807) is 0 Å². The number of thioether (sulfide) groups is 1. The Balaban J connectivity index is 3.20. The minimum atomic E-state index is -0.882. The minimum Gasteiger partial charge on any atom is -0.481 e. The molecule has 58 valence electrons. The van der Waals surface area contributed by atoms with Crippen molar-refractivity contribution in [2.75, 3.05) is 16.8 Å². The predicted molar refractivity (Wildman–Crippen MR) is 43.8 cm³/mol. The average Bonchev–Trinajstić information content (AvgIpc) is 1.87. The van der Waals surface area contributed by atoms with E-state index in [9.17, 15) is 9.59 Å². The number of carbonyl (C=O) groups excluding carboxylic acids is 1. The number of alkyl halides is 1. The summed E-state index contributed by atoms with van der Waals surface area (Å²) in [5.41, 5.74) is 0. The summed E-state index contributed by atoms with van der Waals surface area (Å²) >= 11 is 4.09. The largest absolute Gasteiger partial charge is 0.481 e. The molecule has 0 heterocycles. The first kappa shape index (κ1) is 9.97. The van der Waals surface area contributed by atoms with E-state index in [1.807, 2.05) is 0 Å². The zero-order valence-electron chi connectivity index (χ0n) is 5.17. The minimum absolute atomic E-state index is 0.00125. The van der Waals surface area contributed by atoms with Crippen molar-refractivity contribution in [3.05, 3.63) is 0 Å². The number of aliphatic carboxylic acids is 1. The Morgan fingerprint density at radius 1 is 1.40 bits per heavy atom. The Morgan fingerprint density at radius 3 is 2.40 bits per heavy atom. The van der Waals surface area contributed by atoms with Crippen molar-refractivity contribution in [1.29, 1.82) is 0 Å². The molecule has 0 fully saturated rings. The summed E-state index contributed by atoms with van der Waals surface area (Å²) in [7, 11) is 0. The summed E-state index contributed by atoms with van der Waals surface area (Å²) in [5, 5.41) is 8.46. The number of ketones is 1. The van der Waals surface area contributed by atoms with Crippen LogP contribution in [0.2, 0.25) is 0 Å². The fraction of sp³-hybridized carbons (Fsp3) is 0.600. The van der Waals surface area contributed by atoms with Gasteiger partial charge in [-0.3, -0.25) is 9.59 Å². The van der Waals surface area contributed by atoms with E-state index < -0.39 is 5.97 Å². The molecule has 0 unspecified atom stereocenters. The summed E-state index contributed by atoms with van der Waals surface area (Å²) in [6, 6.07) is 0. The number of rotatable bonds is 5. The van der Waals surface area contributed by atoms with Gasteiger partial charge in [-0.2, -0.15) is 0 Å². The Labute approximate surface area is 71.3 Å². The molecule has 0 spiro atoms. The van der Waals surface area contributed by atoms with Gasteiger partial charge >= 0.3 is 5.97 Å². The van der Waals surface area contributed by atoms with E-state index in [0.717, 1.165) is 11.8 Å². The van der Waals surface area contributed by atoms with Crippen molar-refractivity contribution in [1.82, 2.24) is 0 Å². The molecule has 10 heavy (non-hydrogen) atoms. The SMILES string of the molecule is O=C(O)CSCC(=O)CBr. The van der Waals surface area contributed by atoms with Crippen LogP contribution in [-0.4, -0.2) is 33.7 Å². The molecule has 0 amide bonds. The standard InChI is InChI=1S/C5H7BrO3S/c6-1-4(7)2-10-3-5(8)9/h1-3H2,(H,8,9). The molecule has 0 saturated heterocycles. The molecule has 5 heteroatoms. The summed E-state index contributed by atoms with van der Waals surface area (Å²) < 4.78 is 0. The first-order valence-electron chi connectivity index (χ1n) is 2.54. The second-order valence-electron chi connectivity index (χ2n) is 1.56. The normalized spacial score (nSPS) is 9.30. The number of carboxylic acid groups (broad SMARTS) is 1. The molecule has 0 aromatic carbocycles. The number of halogens is 1. The molecule has 0 atom stereocenters. The summed E-state index contributed by atoms with van der Waals surface area (Å²) in [4.78, 5) is 20.5. The van der Waals surface area contributed by atoms with Gasteiger partial charge in [-0.1, -0.05) is 15.9 Å². The van der Waals surface area contributed by atoms with Gasteiger partial charge in [0.05, 0.1) is 16.8 Å². The lowest BCUT2D eigenvalue weighted by Gasteiger charge is -1.92. The third kappa shape index (κ3) is 6.10. The summed E-state index contributed by atoms with van der Waals surface area (Å²) in [5.74, 6) is -0.588. The first-order chi connectivity index (χ1) is 4.66. The number of carboxylic acids is 1. The topological polar surface area (TPSA) is 54.4 Å². The highest BCUT2D eigenvalue weighted by atomic mass is 79.9. The fourth-order valence-corrected chi connectivity index (χ4v) is 1.36. The molecule has 3 nitrogen and oxygen atoms in total. The second kappa shape index (κ2) is 5.73. The molecule has 0 aliphatic heterocycles. The van der Waals surface area contributed by atoms with Crippen LogP contribution < -0.4 is 0 Å². The molecule has 0 bridgehead atoms. The number of hydrogen-bond donors (Lipinski definition) is 1. The molecule has 0 aromatic heterocycles. The van der Waals surface area contributed by atoms with Crippen molar-refractivity contribution in [2.24, 2.45) is 0 Å². The zero-order chi connectivity index (χ0) is 7.98. The van der Waals surface area contributed by atoms with E-state index in [2.05, 4.69) is 15.9 Å². The lowest BCUT2D eigenvalue weighted by Crippen LogP contribution is -2.06. The second-order valence-corrected chi connectivity index (χ2v) is 3.11. The maximum atomic E-state index is 10.5. The molecular weight excluding hydrogens is 220 g/mol. The highest BCUT2D eigenvalue weighted by Gasteiger charge is 2.01. The smallest absolute Gasteiger partial charge is 0.313 e. The zero-order valence-corrected chi connectivity index (χ0v) is 7.57. The van der Waals surface area contributed by atoms with Crippen LogP contribution in [0.25, 0.3) is 0 Å². The van der Waals surface area contributed by atoms with Gasteiger partial charge in [0.15, 0.2) is 5.78 Å². The van der Waals surface area contributed by atoms with E-state index in [0.29, 0.717) is 5.33 Å². The molecule has 0 rings (SSSR count). The van der Waals surface area contributed by atoms with Crippen LogP contribution >= 0.6 is 27.7 Å². The molecule has 0 radical (unpaired) electrons. The highest BCUT2D eigenvalue weighted by Crippen LogP contribution is 2.00. The van der Waals surface area contributed by atoms with Gasteiger partial charge in [0.2, 0.25) is 0 Å². The number of carbonyl (C=O) groups is 2. The van der Waals surface area contributed by atoms with Crippen LogP contribution in [0.3, 0.4) is 0 Å². The highest BCUT2D eigenvalue weighted by molar-refractivity contribution is 9.09. The van der Waals surface area contributed by atoms with Crippen molar-refractivity contribution >= 4 is 39.4 Å². The first-order valence-corrected chi connectivity index (χ1v) is 4.81. The molecule has 0 aliphatic carbocycles. The molecule has 0 aliphatic rings. The van der Waals surface area contributed by atoms with Gasteiger partial charge in [-0.25, -0.2) is 0 Å². The van der Waals surface area contributed by atoms with Gasteiger partial charge in [0.25, 0.3) is 0 Å². The molecule has 1 N–H and O–H groups in total. The van der Waals surface area contributed by atoms with Crippen LogP contribution in [-0.2, 0) is 9.59 Å². The average molecular weight is 227 g/mol. The lowest BCUT2D eigenvalue weighted by molar-refractivity contribution is -0.133. The van der Waals surface area contributed by atoms with Crippen molar-refractivity contribution in [3.63, 3.8) is 0 Å². The predicted octanol–water partition coefficient (Wildman–Crippen LogP) is 0.768. The third-order valence-electron chi connectivity index (χ3n) is 0.638. The van der Waals surface area contributed by atoms with Crippen molar-refractivity contribution < 1.29 is 14.7 Å². The van der Waals surface area contributed by atoms with E-state index in [1.165, 1.54) is 0 Å². The third-order valence-corrected chi connectivity index (χ3v) is 2.24. The maximum Gasteiger partial charge on any atom is 0.313 e. The van der Waals surface area contributed by atoms with E-state index >= 15 is 0 Å². The molecule has 0 aromatic rings. The van der Waals surface area contributed by atoms with Crippen LogP contribution in [0.4, 0.5) is 0 Å². The Kier molecular flexibility index (Phi) is 5.71. The fourth-order valence-electron chi connectivity index (χ4n) is 0.291. The van der Waals surface area contributed by atoms with Crippen molar-refractivity contribution in [3.8, 4) is 0 Å². The van der Waals surface area contributed by atoms with Gasteiger partial charge in [-0.15, -0.1) is 11.8 Å². The Morgan fingerprint density at radius 2 is 2.00 bits per heavy atom. The monoisotopic (exact) mass is 226 g/mol. The lowest BCUT2D eigenvalue weighted by atomic mass is 10.5. The molecular formula is C5H7BrO3S. The van der Waals surface area contributed by atoms with Crippen LogP contribution in [0.15, 0.2) is 0 Å². The maximum absolute atomic E-state index is 10.5. The van der Waals surface area contributed by atoms with Crippen molar-refractivity contribution in [2.45, 2.75) is 0 Å². The van der Waals surface area contributed by atoms with Crippen LogP contribution in [0.1, 0.15) is 0 Å². The number of hydrogen-bond acceptors (Lipinski definition) is 3. The quantitative estimate of drug-likeness (QED) is 0.704. The van der Waals surface area contributed by atoms with Gasteiger partial charge < -0.3 is 5.11 Å².